The van der Waals surface area contributed by atoms with E-state index in [1.165, 1.54) is 32.1 Å². The van der Waals surface area contributed by atoms with Crippen molar-refractivity contribution in [1.29, 1.82) is 5.26 Å². The maximum absolute atomic E-state index is 9.55. The second-order valence-electron chi connectivity index (χ2n) is 11.5. The van der Waals surface area contributed by atoms with E-state index >= 15 is 0 Å². The molecule has 8 rings (SSSR count). The van der Waals surface area contributed by atoms with Crippen LogP contribution in [0.2, 0.25) is 0 Å². The summed E-state index contributed by atoms with van der Waals surface area (Å²) in [5.41, 5.74) is 8.05. The Bertz CT molecular complexity index is 2130. The molecule has 0 aliphatic carbocycles. The Morgan fingerprint density at radius 3 is 1.67 bits per heavy atom. The predicted molar refractivity (Wildman–Crippen MR) is 192 cm³/mol. The first-order valence-corrected chi connectivity index (χ1v) is 17.5. The quantitative estimate of drug-likeness (QED) is 0.192. The summed E-state index contributed by atoms with van der Waals surface area (Å²) >= 11 is 0. The lowest BCUT2D eigenvalue weighted by Crippen LogP contribution is -2.77. The summed E-state index contributed by atoms with van der Waals surface area (Å²) in [5.74, 6) is 0. The summed E-state index contributed by atoms with van der Waals surface area (Å²) in [4.78, 5) is 6.68. The Kier molecular flexibility index (Phi) is 6.87. The highest BCUT2D eigenvalue weighted by Gasteiger charge is 2.48. The Morgan fingerprint density at radius 1 is 0.500 bits per heavy atom. The smallest absolute Gasteiger partial charge is 0.184 e. The molecule has 3 nitrogen and oxygen atoms in total. The van der Waals surface area contributed by atoms with Gasteiger partial charge in [-0.3, -0.25) is 0 Å². The van der Waals surface area contributed by atoms with E-state index in [2.05, 4.69) is 174 Å². The van der Waals surface area contributed by atoms with Crippen LogP contribution >= 0.6 is 0 Å². The second kappa shape index (κ2) is 11.5. The molecular weight excluding hydrogens is 575 g/mol. The van der Waals surface area contributed by atoms with Gasteiger partial charge in [0.1, 0.15) is 11.8 Å². The fraction of sp³-hybridized carbons (Fsp3) is 0. The van der Waals surface area contributed by atoms with Crippen molar-refractivity contribution >= 4 is 45.9 Å². The van der Waals surface area contributed by atoms with Gasteiger partial charge < -0.3 is 4.90 Å². The van der Waals surface area contributed by atoms with E-state index in [4.69, 9.17) is 0 Å². The molecule has 6 aromatic carbocycles. The molecule has 1 aromatic heterocycles. The summed E-state index contributed by atoms with van der Waals surface area (Å²) < 4.78 is 0. The molecule has 2 heterocycles. The molecule has 0 atom stereocenters. The fourth-order valence-corrected chi connectivity index (χ4v) is 12.2. The van der Waals surface area contributed by atoms with E-state index < -0.39 is 8.07 Å². The Hall–Kier alpha value is -6.02. The first kappa shape index (κ1) is 27.5. The topological polar surface area (TPSA) is 39.9 Å². The van der Waals surface area contributed by atoms with Gasteiger partial charge in [0.15, 0.2) is 8.07 Å². The van der Waals surface area contributed by atoms with E-state index in [1.807, 2.05) is 12.1 Å². The van der Waals surface area contributed by atoms with Crippen LogP contribution in [0.15, 0.2) is 176 Å². The molecule has 4 heteroatoms. The fourth-order valence-electron chi connectivity index (χ4n) is 7.08. The first-order valence-electron chi connectivity index (χ1n) is 15.5. The third-order valence-electron chi connectivity index (χ3n) is 9.06. The number of pyridine rings is 1. The van der Waals surface area contributed by atoms with Crippen LogP contribution in [-0.4, -0.2) is 13.1 Å². The van der Waals surface area contributed by atoms with E-state index in [0.29, 0.717) is 5.69 Å². The molecule has 0 amide bonds. The third-order valence-corrected chi connectivity index (χ3v) is 13.9. The zero-order chi connectivity index (χ0) is 30.9. The second-order valence-corrected chi connectivity index (χ2v) is 15.2. The van der Waals surface area contributed by atoms with Crippen LogP contribution in [0.3, 0.4) is 0 Å². The molecule has 0 unspecified atom stereocenters. The minimum Gasteiger partial charge on any atom is -0.311 e. The number of anilines is 3. The van der Waals surface area contributed by atoms with Gasteiger partial charge in [0.2, 0.25) is 0 Å². The van der Waals surface area contributed by atoms with Gasteiger partial charge in [0, 0.05) is 28.8 Å². The lowest BCUT2D eigenvalue weighted by atomic mass is 9.99. The molecule has 0 bridgehead atoms. The van der Waals surface area contributed by atoms with Crippen LogP contribution in [0.1, 0.15) is 5.69 Å². The zero-order valence-electron chi connectivity index (χ0n) is 25.1. The Labute approximate surface area is 270 Å². The number of nitrogens with zero attached hydrogens (tertiary/aromatic N) is 3. The molecule has 1 aliphatic heterocycles. The van der Waals surface area contributed by atoms with Crippen molar-refractivity contribution in [3.05, 3.63) is 182 Å². The van der Waals surface area contributed by atoms with E-state index in [1.54, 1.807) is 6.20 Å². The molecule has 0 fully saturated rings. The molecule has 0 radical (unpaired) electrons. The number of nitriles is 1. The monoisotopic (exact) mass is 603 g/mol. The van der Waals surface area contributed by atoms with Gasteiger partial charge in [0.25, 0.3) is 0 Å². The molecule has 0 spiro atoms. The SMILES string of the molecule is N#Cc1ncccc1-c1ccc(-c2cccc(N3c4ccccc4[Si](c4ccccc4)(c4ccccc4)c4ccccc43)c2)cc1. The van der Waals surface area contributed by atoms with Crippen LogP contribution in [0.4, 0.5) is 17.1 Å². The van der Waals surface area contributed by atoms with E-state index in [0.717, 1.165) is 27.9 Å². The van der Waals surface area contributed by atoms with Crippen molar-refractivity contribution < 1.29 is 0 Å². The highest BCUT2D eigenvalue weighted by molar-refractivity contribution is 7.21. The minimum atomic E-state index is -2.64. The zero-order valence-corrected chi connectivity index (χ0v) is 26.1. The number of rotatable bonds is 5. The van der Waals surface area contributed by atoms with Gasteiger partial charge in [-0.25, -0.2) is 4.98 Å². The number of fused-ring (bicyclic) bond motifs is 2. The standard InChI is InChI=1S/C42H29N3Si/c43-30-38-37(19-12-28-44-38)32-26-24-31(25-27-32)33-13-11-14-34(29-33)45-39-20-7-9-22-41(39)46(35-15-3-1-4-16-35,36-17-5-2-6-18-36)42-23-10-8-21-40(42)45/h1-29H. The first-order chi connectivity index (χ1) is 22.8. The van der Waals surface area contributed by atoms with Crippen LogP contribution in [0, 0.1) is 11.3 Å². The maximum Gasteiger partial charge on any atom is 0.184 e. The number of aromatic nitrogens is 1. The van der Waals surface area contributed by atoms with Gasteiger partial charge in [0.05, 0.1) is 0 Å². The van der Waals surface area contributed by atoms with Crippen molar-refractivity contribution in [3.63, 3.8) is 0 Å². The number of hydrogen-bond acceptors (Lipinski definition) is 3. The van der Waals surface area contributed by atoms with Crippen molar-refractivity contribution in [2.45, 2.75) is 0 Å². The summed E-state index contributed by atoms with van der Waals surface area (Å²) in [6.07, 6.45) is 1.66. The normalized spacial score (nSPS) is 12.9. The van der Waals surface area contributed by atoms with Crippen LogP contribution in [-0.2, 0) is 0 Å². The van der Waals surface area contributed by atoms with Crippen molar-refractivity contribution in [3.8, 4) is 28.3 Å². The molecular formula is C42H29N3Si. The van der Waals surface area contributed by atoms with Gasteiger partial charge in [-0.1, -0.05) is 133 Å². The van der Waals surface area contributed by atoms with E-state index in [9.17, 15) is 5.26 Å². The van der Waals surface area contributed by atoms with Gasteiger partial charge >= 0.3 is 0 Å². The van der Waals surface area contributed by atoms with Crippen LogP contribution in [0.25, 0.3) is 22.3 Å². The summed E-state index contributed by atoms with van der Waals surface area (Å²) in [6.45, 7) is 0. The lowest BCUT2D eigenvalue weighted by molar-refractivity contribution is 1.26. The maximum atomic E-state index is 9.55. The number of benzene rings is 6. The van der Waals surface area contributed by atoms with Gasteiger partial charge in [-0.15, -0.1) is 0 Å². The third kappa shape index (κ3) is 4.37. The molecule has 216 valence electrons. The highest BCUT2D eigenvalue weighted by Crippen LogP contribution is 2.39. The van der Waals surface area contributed by atoms with Crippen molar-refractivity contribution in [2.75, 3.05) is 4.90 Å². The predicted octanol–water partition coefficient (Wildman–Crippen LogP) is 7.45. The van der Waals surface area contributed by atoms with Crippen molar-refractivity contribution in [2.24, 2.45) is 0 Å². The largest absolute Gasteiger partial charge is 0.311 e. The summed E-state index contributed by atoms with van der Waals surface area (Å²) in [6, 6.07) is 63.4. The summed E-state index contributed by atoms with van der Waals surface area (Å²) in [7, 11) is -2.64. The van der Waals surface area contributed by atoms with Crippen LogP contribution in [0.5, 0.6) is 0 Å². The molecule has 0 saturated heterocycles. The minimum absolute atomic E-state index is 0.435. The lowest BCUT2D eigenvalue weighted by Gasteiger charge is -2.45. The average molecular weight is 604 g/mol. The van der Waals surface area contributed by atoms with E-state index in [-0.39, 0.29) is 0 Å². The van der Waals surface area contributed by atoms with Gasteiger partial charge in [-0.05, 0) is 73.8 Å². The number of para-hydroxylation sites is 2. The molecule has 46 heavy (non-hydrogen) atoms. The van der Waals surface area contributed by atoms with Gasteiger partial charge in [-0.2, -0.15) is 5.26 Å². The molecule has 7 aromatic rings. The number of hydrogen-bond donors (Lipinski definition) is 0. The highest BCUT2D eigenvalue weighted by atomic mass is 28.3. The average Bonchev–Trinajstić information content (AvgIpc) is 3.14. The Morgan fingerprint density at radius 2 is 1.07 bits per heavy atom. The summed E-state index contributed by atoms with van der Waals surface area (Å²) in [5, 5.41) is 15.1. The molecule has 0 N–H and O–H groups in total. The molecule has 1 aliphatic rings. The Balaban J connectivity index is 1.29. The van der Waals surface area contributed by atoms with Crippen LogP contribution < -0.4 is 25.6 Å². The molecule has 0 saturated carbocycles. The van der Waals surface area contributed by atoms with Crippen molar-refractivity contribution in [1.82, 2.24) is 4.98 Å².